The number of aryl methyl sites for hydroxylation is 1. The molecule has 1 atom stereocenters. The summed E-state index contributed by atoms with van der Waals surface area (Å²) in [7, 11) is 0. The first-order valence-electron chi connectivity index (χ1n) is 6.14. The molecule has 1 fully saturated rings. The highest BCUT2D eigenvalue weighted by Gasteiger charge is 2.34. The summed E-state index contributed by atoms with van der Waals surface area (Å²) in [6.45, 7) is 2.60. The van der Waals surface area contributed by atoms with Gasteiger partial charge in [0.1, 0.15) is 0 Å². The molecule has 1 unspecified atom stereocenters. The molecule has 1 saturated heterocycles. The van der Waals surface area contributed by atoms with Crippen LogP contribution in [0, 0.1) is 6.92 Å². The number of amides is 1. The highest BCUT2D eigenvalue weighted by Crippen LogP contribution is 2.34. The molecule has 19 heavy (non-hydrogen) atoms. The molecule has 1 aliphatic heterocycles. The quantitative estimate of drug-likeness (QED) is 0.850. The minimum absolute atomic E-state index is 0.0319. The third kappa shape index (κ3) is 2.20. The molecule has 3 heterocycles. The monoisotopic (exact) mass is 324 g/mol. The van der Waals surface area contributed by atoms with E-state index in [0.29, 0.717) is 10.2 Å². The van der Waals surface area contributed by atoms with E-state index >= 15 is 0 Å². The predicted octanol–water partition coefficient (Wildman–Crippen LogP) is 3.32. The fourth-order valence-electron chi connectivity index (χ4n) is 2.45. The van der Waals surface area contributed by atoms with Crippen LogP contribution < -0.4 is 0 Å². The van der Waals surface area contributed by atoms with Gasteiger partial charge in [-0.3, -0.25) is 4.79 Å². The van der Waals surface area contributed by atoms with Gasteiger partial charge in [0.25, 0.3) is 5.91 Å². The van der Waals surface area contributed by atoms with Crippen molar-refractivity contribution in [2.45, 2.75) is 25.8 Å². The molecule has 0 bridgehead atoms. The number of aromatic nitrogens is 1. The van der Waals surface area contributed by atoms with Gasteiger partial charge in [-0.05, 0) is 41.8 Å². The summed E-state index contributed by atoms with van der Waals surface area (Å²) < 4.78 is 10.9. The Kier molecular flexibility index (Phi) is 3.18. The van der Waals surface area contributed by atoms with Gasteiger partial charge in [-0.2, -0.15) is 0 Å². The zero-order valence-electron chi connectivity index (χ0n) is 10.4. The number of hydrogen-bond acceptors (Lipinski definition) is 4. The number of rotatable bonds is 2. The van der Waals surface area contributed by atoms with Crippen LogP contribution in [0.4, 0.5) is 0 Å². The molecule has 0 N–H and O–H groups in total. The largest absolute Gasteiger partial charge is 0.457 e. The summed E-state index contributed by atoms with van der Waals surface area (Å²) in [4.78, 5) is 14.3. The first kappa shape index (κ1) is 12.5. The lowest BCUT2D eigenvalue weighted by Gasteiger charge is -2.22. The predicted molar refractivity (Wildman–Crippen MR) is 70.7 cm³/mol. The molecule has 0 aromatic carbocycles. The molecule has 0 spiro atoms. The van der Waals surface area contributed by atoms with Gasteiger partial charge >= 0.3 is 0 Å². The van der Waals surface area contributed by atoms with E-state index in [9.17, 15) is 4.79 Å². The van der Waals surface area contributed by atoms with E-state index < -0.39 is 0 Å². The Hall–Kier alpha value is -1.56. The third-order valence-corrected chi connectivity index (χ3v) is 3.95. The second-order valence-corrected chi connectivity index (χ2v) is 5.36. The molecule has 0 aliphatic carbocycles. The van der Waals surface area contributed by atoms with Crippen molar-refractivity contribution in [2.24, 2.45) is 0 Å². The number of carbonyl (C=O) groups is 1. The van der Waals surface area contributed by atoms with Crippen LogP contribution in [0.2, 0.25) is 0 Å². The number of furan rings is 1. The lowest BCUT2D eigenvalue weighted by Crippen LogP contribution is -2.30. The zero-order valence-corrected chi connectivity index (χ0v) is 12.0. The third-order valence-electron chi connectivity index (χ3n) is 3.34. The van der Waals surface area contributed by atoms with Crippen molar-refractivity contribution in [3.63, 3.8) is 0 Å². The van der Waals surface area contributed by atoms with Gasteiger partial charge in [0.05, 0.1) is 23.6 Å². The molecule has 2 aromatic rings. The lowest BCUT2D eigenvalue weighted by atomic mass is 10.1. The molecule has 1 amide bonds. The van der Waals surface area contributed by atoms with Gasteiger partial charge in [0.15, 0.2) is 10.4 Å². The maximum Gasteiger partial charge on any atom is 0.258 e. The van der Waals surface area contributed by atoms with Crippen LogP contribution in [0.3, 0.4) is 0 Å². The SMILES string of the molecule is Cc1cc(C2CCCN2C(=O)c2ccoc2Br)on1. The standard InChI is InChI=1S/C13H13BrN2O3/c1-8-7-11(19-15-8)10-3-2-5-16(10)13(17)9-4-6-18-12(9)14/h4,6-7,10H,2-3,5H2,1H3. The molecular formula is C13H13BrN2O3. The van der Waals surface area contributed by atoms with Crippen molar-refractivity contribution >= 4 is 21.8 Å². The summed E-state index contributed by atoms with van der Waals surface area (Å²) >= 11 is 3.24. The van der Waals surface area contributed by atoms with E-state index in [2.05, 4.69) is 21.1 Å². The average Bonchev–Trinajstić information content (AvgIpc) is 3.07. The van der Waals surface area contributed by atoms with Gasteiger partial charge in [-0.25, -0.2) is 0 Å². The first-order valence-corrected chi connectivity index (χ1v) is 6.93. The number of likely N-dealkylation sites (tertiary alicyclic amines) is 1. The number of nitrogens with zero attached hydrogens (tertiary/aromatic N) is 2. The maximum absolute atomic E-state index is 12.5. The smallest absolute Gasteiger partial charge is 0.258 e. The maximum atomic E-state index is 12.5. The first-order chi connectivity index (χ1) is 9.16. The fourth-order valence-corrected chi connectivity index (χ4v) is 2.86. The van der Waals surface area contributed by atoms with Gasteiger partial charge in [0.2, 0.25) is 0 Å². The average molecular weight is 325 g/mol. The summed E-state index contributed by atoms with van der Waals surface area (Å²) in [5.74, 6) is 0.708. The van der Waals surface area contributed by atoms with Gasteiger partial charge < -0.3 is 13.8 Å². The Morgan fingerprint density at radius 2 is 2.42 bits per heavy atom. The van der Waals surface area contributed by atoms with Crippen LogP contribution in [0.15, 0.2) is 32.0 Å². The zero-order chi connectivity index (χ0) is 13.4. The molecule has 3 rings (SSSR count). The fraction of sp³-hybridized carbons (Fsp3) is 0.385. The Morgan fingerprint density at radius 3 is 3.05 bits per heavy atom. The van der Waals surface area contributed by atoms with E-state index in [0.717, 1.165) is 30.8 Å². The Balaban J connectivity index is 1.88. The van der Waals surface area contributed by atoms with Crippen molar-refractivity contribution in [3.05, 3.63) is 40.1 Å². The molecule has 0 saturated carbocycles. The van der Waals surface area contributed by atoms with E-state index in [4.69, 9.17) is 8.94 Å². The topological polar surface area (TPSA) is 59.5 Å². The number of halogens is 1. The Labute approximate surface area is 118 Å². The highest BCUT2D eigenvalue weighted by atomic mass is 79.9. The summed E-state index contributed by atoms with van der Waals surface area (Å²) in [5, 5.41) is 3.89. The molecule has 6 heteroatoms. The van der Waals surface area contributed by atoms with Crippen LogP contribution in [0.5, 0.6) is 0 Å². The Bertz CT molecular complexity index is 605. The van der Waals surface area contributed by atoms with Gasteiger partial charge in [-0.15, -0.1) is 0 Å². The minimum Gasteiger partial charge on any atom is -0.457 e. The molecule has 2 aromatic heterocycles. The van der Waals surface area contributed by atoms with Gasteiger partial charge in [0, 0.05) is 12.6 Å². The molecule has 5 nitrogen and oxygen atoms in total. The van der Waals surface area contributed by atoms with Crippen LogP contribution in [0.1, 0.15) is 40.7 Å². The molecule has 100 valence electrons. The molecule has 0 radical (unpaired) electrons. The van der Waals surface area contributed by atoms with Gasteiger partial charge in [-0.1, -0.05) is 5.16 Å². The number of hydrogen-bond donors (Lipinski definition) is 0. The minimum atomic E-state index is -0.0443. The summed E-state index contributed by atoms with van der Waals surface area (Å²) in [5.41, 5.74) is 1.38. The molecular weight excluding hydrogens is 312 g/mol. The van der Waals surface area contributed by atoms with Crippen LogP contribution in [0.25, 0.3) is 0 Å². The molecule has 1 aliphatic rings. The second kappa shape index (κ2) is 4.85. The van der Waals surface area contributed by atoms with Crippen molar-refractivity contribution in [1.29, 1.82) is 0 Å². The van der Waals surface area contributed by atoms with Crippen molar-refractivity contribution in [1.82, 2.24) is 10.1 Å². The van der Waals surface area contributed by atoms with Crippen molar-refractivity contribution in [2.75, 3.05) is 6.54 Å². The summed E-state index contributed by atoms with van der Waals surface area (Å²) in [6, 6.07) is 3.53. The summed E-state index contributed by atoms with van der Waals surface area (Å²) in [6.07, 6.45) is 3.36. The van der Waals surface area contributed by atoms with Crippen molar-refractivity contribution < 1.29 is 13.7 Å². The highest BCUT2D eigenvalue weighted by molar-refractivity contribution is 9.10. The van der Waals surface area contributed by atoms with Crippen LogP contribution >= 0.6 is 15.9 Å². The van der Waals surface area contributed by atoms with Crippen LogP contribution in [-0.2, 0) is 0 Å². The van der Waals surface area contributed by atoms with Crippen molar-refractivity contribution in [3.8, 4) is 0 Å². The van der Waals surface area contributed by atoms with E-state index in [1.54, 1.807) is 6.07 Å². The Morgan fingerprint density at radius 1 is 1.58 bits per heavy atom. The van der Waals surface area contributed by atoms with Crippen LogP contribution in [-0.4, -0.2) is 22.5 Å². The van der Waals surface area contributed by atoms with E-state index in [1.807, 2.05) is 17.9 Å². The number of carbonyl (C=O) groups excluding carboxylic acids is 1. The van der Waals surface area contributed by atoms with E-state index in [1.165, 1.54) is 6.26 Å². The normalized spacial score (nSPS) is 19.1. The second-order valence-electron chi connectivity index (χ2n) is 4.64. The lowest BCUT2D eigenvalue weighted by molar-refractivity contribution is 0.0712. The van der Waals surface area contributed by atoms with E-state index in [-0.39, 0.29) is 11.9 Å².